The number of nitrogens with one attached hydrogen (secondary N) is 1. The fraction of sp³-hybridized carbons (Fsp3) is 1.00. The Morgan fingerprint density at radius 2 is 1.95 bits per heavy atom. The normalized spacial score (nSPS) is 19.9. The van der Waals surface area contributed by atoms with Crippen LogP contribution in [0.4, 0.5) is 0 Å². The third-order valence-corrected chi connectivity index (χ3v) is 4.46. The Kier molecular flexibility index (Phi) is 9.44. The number of ether oxygens (including phenoxy) is 3. The quantitative estimate of drug-likeness (QED) is 0.624. The van der Waals surface area contributed by atoms with Crippen LogP contribution >= 0.6 is 0 Å². The van der Waals surface area contributed by atoms with Gasteiger partial charge in [0.15, 0.2) is 0 Å². The standard InChI is InChI=1S/C16H34N2O3/c1-5-17-13-16(6-9-21-10-7-16)14-18(8-11-19-3)15(2)12-20-4/h15,17H,5-14H2,1-4H3. The predicted octanol–water partition coefficient (Wildman–Crippen LogP) is 1.38. The van der Waals surface area contributed by atoms with Crippen molar-refractivity contribution in [2.75, 3.05) is 66.8 Å². The van der Waals surface area contributed by atoms with E-state index in [0.717, 1.165) is 65.4 Å². The minimum Gasteiger partial charge on any atom is -0.383 e. The van der Waals surface area contributed by atoms with Crippen LogP contribution in [0.2, 0.25) is 0 Å². The first-order valence-electron chi connectivity index (χ1n) is 8.18. The minimum atomic E-state index is 0.310. The maximum absolute atomic E-state index is 5.58. The molecule has 1 fully saturated rings. The number of methoxy groups -OCH3 is 2. The summed E-state index contributed by atoms with van der Waals surface area (Å²) in [6.07, 6.45) is 2.26. The van der Waals surface area contributed by atoms with Crippen LogP contribution in [-0.4, -0.2) is 77.8 Å². The first-order valence-corrected chi connectivity index (χ1v) is 8.18. The second-order valence-electron chi connectivity index (χ2n) is 6.16. The number of nitrogens with zero attached hydrogens (tertiary/aromatic N) is 1. The van der Waals surface area contributed by atoms with Gasteiger partial charge in [-0.1, -0.05) is 6.92 Å². The van der Waals surface area contributed by atoms with Gasteiger partial charge in [-0.3, -0.25) is 4.90 Å². The summed E-state index contributed by atoms with van der Waals surface area (Å²) in [5.41, 5.74) is 0.310. The van der Waals surface area contributed by atoms with Crippen molar-refractivity contribution in [3.05, 3.63) is 0 Å². The molecule has 5 heteroatoms. The van der Waals surface area contributed by atoms with E-state index in [9.17, 15) is 0 Å². The minimum absolute atomic E-state index is 0.310. The average Bonchev–Trinajstić information content (AvgIpc) is 2.50. The van der Waals surface area contributed by atoms with Crippen molar-refractivity contribution in [1.82, 2.24) is 10.2 Å². The molecule has 1 aliphatic heterocycles. The van der Waals surface area contributed by atoms with E-state index in [4.69, 9.17) is 14.2 Å². The van der Waals surface area contributed by atoms with Crippen LogP contribution in [-0.2, 0) is 14.2 Å². The van der Waals surface area contributed by atoms with Crippen LogP contribution < -0.4 is 5.32 Å². The van der Waals surface area contributed by atoms with Gasteiger partial charge in [-0.05, 0) is 31.7 Å². The first-order chi connectivity index (χ1) is 10.2. The molecule has 1 saturated heterocycles. The lowest BCUT2D eigenvalue weighted by Gasteiger charge is -2.43. The maximum Gasteiger partial charge on any atom is 0.0615 e. The molecule has 0 spiro atoms. The Labute approximate surface area is 130 Å². The van der Waals surface area contributed by atoms with Crippen LogP contribution in [0.3, 0.4) is 0 Å². The van der Waals surface area contributed by atoms with Crippen LogP contribution in [0.1, 0.15) is 26.7 Å². The molecule has 5 nitrogen and oxygen atoms in total. The largest absolute Gasteiger partial charge is 0.383 e. The van der Waals surface area contributed by atoms with E-state index >= 15 is 0 Å². The summed E-state index contributed by atoms with van der Waals surface area (Å²) < 4.78 is 16.2. The molecule has 1 aliphatic rings. The molecule has 126 valence electrons. The Hall–Kier alpha value is -0.200. The van der Waals surface area contributed by atoms with Gasteiger partial charge in [0.2, 0.25) is 0 Å². The van der Waals surface area contributed by atoms with Gasteiger partial charge >= 0.3 is 0 Å². The van der Waals surface area contributed by atoms with Crippen molar-refractivity contribution in [2.24, 2.45) is 5.41 Å². The summed E-state index contributed by atoms with van der Waals surface area (Å²) >= 11 is 0. The fourth-order valence-corrected chi connectivity index (χ4v) is 3.03. The molecule has 1 rings (SSSR count). The highest BCUT2D eigenvalue weighted by Crippen LogP contribution is 2.31. The van der Waals surface area contributed by atoms with Gasteiger partial charge in [-0.25, -0.2) is 0 Å². The van der Waals surface area contributed by atoms with Crippen molar-refractivity contribution < 1.29 is 14.2 Å². The monoisotopic (exact) mass is 302 g/mol. The van der Waals surface area contributed by atoms with Crippen LogP contribution in [0.5, 0.6) is 0 Å². The van der Waals surface area contributed by atoms with Crippen molar-refractivity contribution in [2.45, 2.75) is 32.7 Å². The van der Waals surface area contributed by atoms with Gasteiger partial charge in [-0.15, -0.1) is 0 Å². The van der Waals surface area contributed by atoms with Gasteiger partial charge in [0, 0.05) is 53.1 Å². The molecule has 0 aromatic carbocycles. The summed E-state index contributed by atoms with van der Waals surface area (Å²) in [7, 11) is 3.54. The number of hydrogen-bond acceptors (Lipinski definition) is 5. The molecule has 1 atom stereocenters. The topological polar surface area (TPSA) is 43.0 Å². The van der Waals surface area contributed by atoms with Gasteiger partial charge in [-0.2, -0.15) is 0 Å². The molecule has 0 amide bonds. The SMILES string of the molecule is CCNCC1(CN(CCOC)C(C)COC)CCOCC1. The molecule has 0 aromatic rings. The predicted molar refractivity (Wildman–Crippen MR) is 85.8 cm³/mol. The summed E-state index contributed by atoms with van der Waals surface area (Å²) in [5, 5.41) is 3.55. The Balaban J connectivity index is 2.68. The van der Waals surface area contributed by atoms with Crippen molar-refractivity contribution in [3.63, 3.8) is 0 Å². The van der Waals surface area contributed by atoms with Gasteiger partial charge < -0.3 is 19.5 Å². The molecule has 21 heavy (non-hydrogen) atoms. The van der Waals surface area contributed by atoms with Crippen molar-refractivity contribution in [1.29, 1.82) is 0 Å². The molecule has 1 unspecified atom stereocenters. The summed E-state index contributed by atoms with van der Waals surface area (Å²) in [4.78, 5) is 2.51. The average molecular weight is 302 g/mol. The lowest BCUT2D eigenvalue weighted by molar-refractivity contribution is -0.0220. The molecule has 0 radical (unpaired) electrons. The third kappa shape index (κ3) is 6.61. The Morgan fingerprint density at radius 3 is 2.52 bits per heavy atom. The lowest BCUT2D eigenvalue weighted by atomic mass is 9.79. The zero-order valence-electron chi connectivity index (χ0n) is 14.3. The van der Waals surface area contributed by atoms with E-state index in [1.54, 1.807) is 14.2 Å². The highest BCUT2D eigenvalue weighted by molar-refractivity contribution is 4.88. The fourth-order valence-electron chi connectivity index (χ4n) is 3.03. The van der Waals surface area contributed by atoms with E-state index in [1.165, 1.54) is 0 Å². The van der Waals surface area contributed by atoms with Crippen molar-refractivity contribution >= 4 is 0 Å². The molecule has 1 heterocycles. The summed E-state index contributed by atoms with van der Waals surface area (Å²) in [6, 6.07) is 0.409. The second-order valence-corrected chi connectivity index (χ2v) is 6.16. The first kappa shape index (κ1) is 18.8. The molecule has 1 N–H and O–H groups in total. The zero-order chi connectivity index (χ0) is 15.6. The molecule has 0 saturated carbocycles. The smallest absolute Gasteiger partial charge is 0.0615 e. The number of hydrogen-bond donors (Lipinski definition) is 1. The lowest BCUT2D eigenvalue weighted by Crippen LogP contribution is -2.51. The van der Waals surface area contributed by atoms with Gasteiger partial charge in [0.05, 0.1) is 13.2 Å². The number of rotatable bonds is 11. The van der Waals surface area contributed by atoms with E-state index in [0.29, 0.717) is 11.5 Å². The molecule has 0 bridgehead atoms. The van der Waals surface area contributed by atoms with E-state index in [1.807, 2.05) is 0 Å². The maximum atomic E-state index is 5.58. The van der Waals surface area contributed by atoms with Crippen LogP contribution in [0.15, 0.2) is 0 Å². The molecular weight excluding hydrogens is 268 g/mol. The third-order valence-electron chi connectivity index (χ3n) is 4.46. The van der Waals surface area contributed by atoms with E-state index in [-0.39, 0.29) is 0 Å². The van der Waals surface area contributed by atoms with Crippen molar-refractivity contribution in [3.8, 4) is 0 Å². The molecule has 0 aromatic heterocycles. The highest BCUT2D eigenvalue weighted by Gasteiger charge is 2.35. The molecule has 0 aliphatic carbocycles. The van der Waals surface area contributed by atoms with E-state index in [2.05, 4.69) is 24.1 Å². The summed E-state index contributed by atoms with van der Waals surface area (Å²) in [6.45, 7) is 11.8. The van der Waals surface area contributed by atoms with E-state index < -0.39 is 0 Å². The Bertz CT molecular complexity index is 258. The van der Waals surface area contributed by atoms with Gasteiger partial charge in [0.25, 0.3) is 0 Å². The summed E-state index contributed by atoms with van der Waals surface area (Å²) in [5.74, 6) is 0. The highest BCUT2D eigenvalue weighted by atomic mass is 16.5. The van der Waals surface area contributed by atoms with Gasteiger partial charge in [0.1, 0.15) is 0 Å². The van der Waals surface area contributed by atoms with Crippen LogP contribution in [0, 0.1) is 5.41 Å². The second kappa shape index (κ2) is 10.5. The Morgan fingerprint density at radius 1 is 1.24 bits per heavy atom. The zero-order valence-corrected chi connectivity index (χ0v) is 14.3. The molecular formula is C16H34N2O3. The van der Waals surface area contributed by atoms with Crippen LogP contribution in [0.25, 0.3) is 0 Å².